The molecule has 4 rings (SSSR count). The molecule has 0 atom stereocenters. The van der Waals surface area contributed by atoms with Crippen LogP contribution in [0.5, 0.6) is 17.2 Å². The molecule has 168 valence electrons. The lowest BCUT2D eigenvalue weighted by molar-refractivity contribution is 0.324. The average Bonchev–Trinajstić information content (AvgIpc) is 3.25. The van der Waals surface area contributed by atoms with E-state index in [1.54, 1.807) is 46.1 Å². The number of benzene rings is 1. The van der Waals surface area contributed by atoms with E-state index in [-0.39, 0.29) is 0 Å². The number of thiazole rings is 1. The lowest BCUT2D eigenvalue weighted by Gasteiger charge is -2.14. The Balaban J connectivity index is 1.94. The summed E-state index contributed by atoms with van der Waals surface area (Å²) in [5.41, 5.74) is 4.19. The van der Waals surface area contributed by atoms with Gasteiger partial charge in [0.25, 0.3) is 0 Å². The quantitative estimate of drug-likeness (QED) is 0.378. The van der Waals surface area contributed by atoms with Crippen molar-refractivity contribution in [2.24, 2.45) is 10.1 Å². The minimum absolute atomic E-state index is 0.530. The van der Waals surface area contributed by atoms with Gasteiger partial charge in [-0.15, -0.1) is 11.3 Å². The summed E-state index contributed by atoms with van der Waals surface area (Å²) in [7, 11) is 4.77. The Labute approximate surface area is 195 Å². The van der Waals surface area contributed by atoms with Gasteiger partial charge in [-0.25, -0.2) is 9.67 Å². The maximum absolute atomic E-state index is 5.55. The van der Waals surface area contributed by atoms with Crippen molar-refractivity contribution in [3.8, 4) is 28.5 Å². The van der Waals surface area contributed by atoms with E-state index in [0.29, 0.717) is 22.0 Å². The molecule has 3 aromatic heterocycles. The third kappa shape index (κ3) is 4.78. The maximum Gasteiger partial charge on any atom is 0.211 e. The number of hydrogen-bond donors (Lipinski definition) is 0. The number of nitrogens with zero attached hydrogens (tertiary/aromatic N) is 5. The van der Waals surface area contributed by atoms with Crippen molar-refractivity contribution in [3.05, 3.63) is 76.9 Å². The Morgan fingerprint density at radius 1 is 0.939 bits per heavy atom. The summed E-state index contributed by atoms with van der Waals surface area (Å²) in [4.78, 5) is 13.7. The number of hydrogen-bond acceptors (Lipinski definition) is 8. The number of ether oxygens (including phenoxy) is 3. The topological polar surface area (TPSA) is 83.1 Å². The van der Waals surface area contributed by atoms with E-state index in [1.165, 1.54) is 11.3 Å². The van der Waals surface area contributed by atoms with Gasteiger partial charge in [0.15, 0.2) is 11.5 Å². The van der Waals surface area contributed by atoms with Crippen molar-refractivity contribution < 1.29 is 14.2 Å². The fourth-order valence-corrected chi connectivity index (χ4v) is 4.08. The SMILES string of the molecule is COc1cc(-c2csc(=Nc3cccnc3)n2N=C(C)c2ccncc2)cc(OC)c1OC. The molecule has 9 heteroatoms. The molecule has 0 N–H and O–H groups in total. The molecule has 0 aliphatic heterocycles. The third-order valence-electron chi connectivity index (χ3n) is 4.86. The first-order chi connectivity index (χ1) is 16.1. The summed E-state index contributed by atoms with van der Waals surface area (Å²) in [6.45, 7) is 1.95. The van der Waals surface area contributed by atoms with Crippen molar-refractivity contribution >= 4 is 22.7 Å². The molecular weight excluding hydrogens is 438 g/mol. The molecule has 4 aromatic rings. The monoisotopic (exact) mass is 461 g/mol. The lowest BCUT2D eigenvalue weighted by Crippen LogP contribution is -2.14. The van der Waals surface area contributed by atoms with E-state index >= 15 is 0 Å². The Morgan fingerprint density at radius 3 is 2.27 bits per heavy atom. The minimum Gasteiger partial charge on any atom is -0.493 e. The molecule has 0 aliphatic rings. The standard InChI is InChI=1S/C24H23N5O3S/c1-16(17-7-10-25-11-8-17)28-29-20(15-33-24(29)27-19-6-5-9-26-14-19)18-12-21(30-2)23(32-4)22(13-18)31-3/h5-15H,1-4H3. The van der Waals surface area contributed by atoms with Crippen molar-refractivity contribution in [1.29, 1.82) is 0 Å². The lowest BCUT2D eigenvalue weighted by atomic mass is 10.1. The first kappa shape index (κ1) is 22.2. The molecule has 0 unspecified atom stereocenters. The second kappa shape index (κ2) is 10.1. The summed E-state index contributed by atoms with van der Waals surface area (Å²) in [6.07, 6.45) is 6.92. The Hall–Kier alpha value is -3.98. The first-order valence-corrected chi connectivity index (χ1v) is 10.9. The molecule has 0 spiro atoms. The number of methoxy groups -OCH3 is 3. The van der Waals surface area contributed by atoms with E-state index in [9.17, 15) is 0 Å². The zero-order chi connectivity index (χ0) is 23.2. The summed E-state index contributed by atoms with van der Waals surface area (Å²) in [6, 6.07) is 11.4. The third-order valence-corrected chi connectivity index (χ3v) is 5.68. The highest BCUT2D eigenvalue weighted by Crippen LogP contribution is 2.41. The van der Waals surface area contributed by atoms with Crippen LogP contribution in [0, 0.1) is 0 Å². The normalized spacial score (nSPS) is 12.0. The van der Waals surface area contributed by atoms with Gasteiger partial charge in [0.1, 0.15) is 0 Å². The zero-order valence-electron chi connectivity index (χ0n) is 18.7. The van der Waals surface area contributed by atoms with Crippen LogP contribution in [0.3, 0.4) is 0 Å². The van der Waals surface area contributed by atoms with E-state index in [0.717, 1.165) is 28.2 Å². The zero-order valence-corrected chi connectivity index (χ0v) is 19.5. The van der Waals surface area contributed by atoms with Gasteiger partial charge in [-0.1, -0.05) is 0 Å². The van der Waals surface area contributed by atoms with Crippen LogP contribution >= 0.6 is 11.3 Å². The van der Waals surface area contributed by atoms with Crippen LogP contribution in [0.15, 0.2) is 76.7 Å². The molecule has 0 amide bonds. The highest BCUT2D eigenvalue weighted by atomic mass is 32.1. The number of aromatic nitrogens is 3. The summed E-state index contributed by atoms with van der Waals surface area (Å²) < 4.78 is 18.4. The molecule has 8 nitrogen and oxygen atoms in total. The number of pyridine rings is 2. The fraction of sp³-hybridized carbons (Fsp3) is 0.167. The van der Waals surface area contributed by atoms with Crippen LogP contribution < -0.4 is 19.0 Å². The second-order valence-corrected chi connectivity index (χ2v) is 7.71. The Bertz CT molecular complexity index is 1310. The first-order valence-electron chi connectivity index (χ1n) is 10.1. The van der Waals surface area contributed by atoms with Gasteiger partial charge in [0.05, 0.1) is 44.6 Å². The Kier molecular flexibility index (Phi) is 6.80. The van der Waals surface area contributed by atoms with Crippen molar-refractivity contribution in [2.45, 2.75) is 6.92 Å². The molecule has 1 aromatic carbocycles. The summed E-state index contributed by atoms with van der Waals surface area (Å²) >= 11 is 1.48. The van der Waals surface area contributed by atoms with E-state index in [2.05, 4.69) is 9.97 Å². The fourth-order valence-electron chi connectivity index (χ4n) is 3.23. The minimum atomic E-state index is 0.530. The van der Waals surface area contributed by atoms with Crippen LogP contribution in [-0.2, 0) is 0 Å². The molecule has 0 fully saturated rings. The highest BCUT2D eigenvalue weighted by molar-refractivity contribution is 7.07. The molecular formula is C24H23N5O3S. The number of rotatable bonds is 7. The van der Waals surface area contributed by atoms with Crippen LogP contribution in [-0.4, -0.2) is 41.7 Å². The van der Waals surface area contributed by atoms with Crippen molar-refractivity contribution in [1.82, 2.24) is 14.6 Å². The molecule has 0 bridgehead atoms. The second-order valence-electron chi connectivity index (χ2n) is 6.87. The predicted molar refractivity (Wildman–Crippen MR) is 129 cm³/mol. The van der Waals surface area contributed by atoms with Gasteiger partial charge >= 0.3 is 0 Å². The van der Waals surface area contributed by atoms with Crippen LogP contribution in [0.2, 0.25) is 0 Å². The van der Waals surface area contributed by atoms with Crippen LogP contribution in [0.1, 0.15) is 12.5 Å². The van der Waals surface area contributed by atoms with Crippen molar-refractivity contribution in [2.75, 3.05) is 21.3 Å². The highest BCUT2D eigenvalue weighted by Gasteiger charge is 2.17. The predicted octanol–water partition coefficient (Wildman–Crippen LogP) is 4.54. The molecule has 0 radical (unpaired) electrons. The van der Waals surface area contributed by atoms with E-state index in [1.807, 2.05) is 53.4 Å². The van der Waals surface area contributed by atoms with Gasteiger partial charge in [0.2, 0.25) is 10.6 Å². The molecule has 3 heterocycles. The van der Waals surface area contributed by atoms with Gasteiger partial charge in [-0.05, 0) is 43.3 Å². The van der Waals surface area contributed by atoms with E-state index < -0.39 is 0 Å². The average molecular weight is 462 g/mol. The van der Waals surface area contributed by atoms with Crippen LogP contribution in [0.4, 0.5) is 5.69 Å². The molecule has 0 aliphatic carbocycles. The summed E-state index contributed by atoms with van der Waals surface area (Å²) in [5, 5.41) is 6.90. The largest absolute Gasteiger partial charge is 0.493 e. The molecule has 0 saturated carbocycles. The molecule has 0 saturated heterocycles. The van der Waals surface area contributed by atoms with E-state index in [4.69, 9.17) is 24.3 Å². The molecule has 33 heavy (non-hydrogen) atoms. The van der Waals surface area contributed by atoms with Gasteiger partial charge in [-0.2, -0.15) is 5.10 Å². The van der Waals surface area contributed by atoms with Crippen molar-refractivity contribution in [3.63, 3.8) is 0 Å². The smallest absolute Gasteiger partial charge is 0.211 e. The maximum atomic E-state index is 5.55. The van der Waals surface area contributed by atoms with Gasteiger partial charge < -0.3 is 14.2 Å². The van der Waals surface area contributed by atoms with Crippen LogP contribution in [0.25, 0.3) is 11.3 Å². The summed E-state index contributed by atoms with van der Waals surface area (Å²) in [5.74, 6) is 1.65. The Morgan fingerprint density at radius 2 is 1.67 bits per heavy atom. The van der Waals surface area contributed by atoms with Gasteiger partial charge in [-0.3, -0.25) is 9.97 Å². The van der Waals surface area contributed by atoms with Gasteiger partial charge in [0, 0.05) is 35.1 Å².